The summed E-state index contributed by atoms with van der Waals surface area (Å²) in [5.41, 5.74) is 5.54. The van der Waals surface area contributed by atoms with Crippen molar-refractivity contribution in [3.05, 3.63) is 39.9 Å². The first-order valence-electron chi connectivity index (χ1n) is 3.95. The summed E-state index contributed by atoms with van der Waals surface area (Å²) in [6.07, 6.45) is 0. The van der Waals surface area contributed by atoms with E-state index in [-0.39, 0.29) is 4.92 Å². The van der Waals surface area contributed by atoms with Gasteiger partial charge < -0.3 is 5.73 Å². The Labute approximate surface area is 76.5 Å². The van der Waals surface area contributed by atoms with Crippen molar-refractivity contribution in [1.29, 1.82) is 0 Å². The van der Waals surface area contributed by atoms with Crippen LogP contribution in [-0.4, -0.2) is 4.92 Å². The van der Waals surface area contributed by atoms with Crippen LogP contribution in [-0.2, 0) is 5.54 Å². The fourth-order valence-electron chi connectivity index (χ4n) is 1.15. The Kier molecular flexibility index (Phi) is 2.23. The summed E-state index contributed by atoms with van der Waals surface area (Å²) in [5, 5.41) is 10.7. The molecule has 0 fully saturated rings. The second kappa shape index (κ2) is 3.05. The van der Waals surface area contributed by atoms with E-state index in [2.05, 4.69) is 0 Å². The maximum atomic E-state index is 10.7. The van der Waals surface area contributed by atoms with Gasteiger partial charge in [0.1, 0.15) is 0 Å². The summed E-state index contributed by atoms with van der Waals surface area (Å²) in [4.78, 5) is 10.4. The van der Waals surface area contributed by atoms with Crippen molar-refractivity contribution < 1.29 is 4.92 Å². The lowest BCUT2D eigenvalue weighted by atomic mass is 9.94. The molecule has 0 unspecified atom stereocenters. The van der Waals surface area contributed by atoms with Gasteiger partial charge in [0.15, 0.2) is 0 Å². The summed E-state index contributed by atoms with van der Waals surface area (Å²) in [5.74, 6) is 0. The highest BCUT2D eigenvalue weighted by Gasteiger charge is 2.34. The molecule has 70 valence electrons. The zero-order valence-corrected chi connectivity index (χ0v) is 7.65. The number of rotatable bonds is 2. The molecule has 0 radical (unpaired) electrons. The third kappa shape index (κ3) is 1.61. The van der Waals surface area contributed by atoms with Gasteiger partial charge in [-0.15, -0.1) is 0 Å². The molecule has 0 aliphatic carbocycles. The minimum absolute atomic E-state index is 0.335. The van der Waals surface area contributed by atoms with Crippen LogP contribution in [0.3, 0.4) is 0 Å². The smallest absolute Gasteiger partial charge is 0.243 e. The molecule has 2 N–H and O–H groups in total. The quantitative estimate of drug-likeness (QED) is 0.428. The number of anilines is 1. The van der Waals surface area contributed by atoms with E-state index in [1.54, 1.807) is 38.1 Å². The number of hydrogen-bond donors (Lipinski definition) is 1. The highest BCUT2D eigenvalue weighted by Crippen LogP contribution is 2.28. The zero-order valence-electron chi connectivity index (χ0n) is 7.65. The van der Waals surface area contributed by atoms with Gasteiger partial charge in [0.05, 0.1) is 5.56 Å². The predicted molar refractivity (Wildman–Crippen MR) is 50.9 cm³/mol. The van der Waals surface area contributed by atoms with Crippen molar-refractivity contribution in [3.8, 4) is 0 Å². The SMILES string of the molecule is CC(C)(c1ccccc1N)[N+](=O)[O-]. The summed E-state index contributed by atoms with van der Waals surface area (Å²) in [6.45, 7) is 3.08. The van der Waals surface area contributed by atoms with Crippen molar-refractivity contribution in [2.24, 2.45) is 0 Å². The molecule has 4 heteroatoms. The van der Waals surface area contributed by atoms with Gasteiger partial charge in [0.2, 0.25) is 5.54 Å². The van der Waals surface area contributed by atoms with Crippen LogP contribution in [0.4, 0.5) is 5.69 Å². The van der Waals surface area contributed by atoms with Crippen LogP contribution in [0.5, 0.6) is 0 Å². The average molecular weight is 180 g/mol. The third-order valence-electron chi connectivity index (χ3n) is 2.08. The number of nitrogens with two attached hydrogens (primary N) is 1. The highest BCUT2D eigenvalue weighted by atomic mass is 16.6. The lowest BCUT2D eigenvalue weighted by Crippen LogP contribution is -2.28. The predicted octanol–water partition coefficient (Wildman–Crippen LogP) is 1.78. The number of para-hydroxylation sites is 1. The van der Waals surface area contributed by atoms with Crippen LogP contribution < -0.4 is 5.73 Å². The summed E-state index contributed by atoms with van der Waals surface area (Å²) in [7, 11) is 0. The van der Waals surface area contributed by atoms with Gasteiger partial charge in [-0.2, -0.15) is 0 Å². The Morgan fingerprint density at radius 2 is 1.92 bits per heavy atom. The second-order valence-corrected chi connectivity index (χ2v) is 3.40. The van der Waals surface area contributed by atoms with Gasteiger partial charge in [-0.05, 0) is 12.1 Å². The molecule has 0 aromatic heterocycles. The molecule has 13 heavy (non-hydrogen) atoms. The highest BCUT2D eigenvalue weighted by molar-refractivity contribution is 5.48. The zero-order chi connectivity index (χ0) is 10.1. The first kappa shape index (κ1) is 9.51. The van der Waals surface area contributed by atoms with E-state index in [1.165, 1.54) is 0 Å². The molecule has 4 nitrogen and oxygen atoms in total. The van der Waals surface area contributed by atoms with Crippen LogP contribution in [0.2, 0.25) is 0 Å². The van der Waals surface area contributed by atoms with Gasteiger partial charge in [0.25, 0.3) is 0 Å². The van der Waals surface area contributed by atoms with E-state index in [1.807, 2.05) is 0 Å². The minimum Gasteiger partial charge on any atom is -0.398 e. The molecular formula is C9H12N2O2. The van der Waals surface area contributed by atoms with Crippen LogP contribution in [0.15, 0.2) is 24.3 Å². The maximum absolute atomic E-state index is 10.7. The average Bonchev–Trinajstić information content (AvgIpc) is 2.04. The van der Waals surface area contributed by atoms with Gasteiger partial charge in [0, 0.05) is 24.5 Å². The van der Waals surface area contributed by atoms with Crippen LogP contribution in [0, 0.1) is 10.1 Å². The number of hydrogen-bond acceptors (Lipinski definition) is 3. The fraction of sp³-hybridized carbons (Fsp3) is 0.333. The van der Waals surface area contributed by atoms with E-state index in [0.717, 1.165) is 0 Å². The third-order valence-corrected chi connectivity index (χ3v) is 2.08. The van der Waals surface area contributed by atoms with E-state index < -0.39 is 5.54 Å². The van der Waals surface area contributed by atoms with Gasteiger partial charge in [-0.1, -0.05) is 12.1 Å². The Morgan fingerprint density at radius 1 is 1.38 bits per heavy atom. The fourth-order valence-corrected chi connectivity index (χ4v) is 1.15. The standard InChI is InChI=1S/C9H12N2O2/c1-9(2,11(12)13)7-5-3-4-6-8(7)10/h3-6H,10H2,1-2H3. The van der Waals surface area contributed by atoms with E-state index in [0.29, 0.717) is 11.3 Å². The number of nitro groups is 1. The first-order chi connectivity index (χ1) is 5.96. The molecule has 0 saturated heterocycles. The molecule has 0 saturated carbocycles. The molecule has 0 bridgehead atoms. The van der Waals surface area contributed by atoms with Crippen LogP contribution in [0.25, 0.3) is 0 Å². The van der Waals surface area contributed by atoms with E-state index >= 15 is 0 Å². The molecule has 0 spiro atoms. The molecule has 0 atom stereocenters. The van der Waals surface area contributed by atoms with E-state index in [9.17, 15) is 10.1 Å². The number of nitrogen functional groups attached to an aromatic ring is 1. The van der Waals surface area contributed by atoms with Crippen molar-refractivity contribution in [3.63, 3.8) is 0 Å². The Morgan fingerprint density at radius 3 is 2.38 bits per heavy atom. The number of nitrogens with zero attached hydrogens (tertiary/aromatic N) is 1. The lowest BCUT2D eigenvalue weighted by Gasteiger charge is -2.17. The van der Waals surface area contributed by atoms with Crippen molar-refractivity contribution in [1.82, 2.24) is 0 Å². The summed E-state index contributed by atoms with van der Waals surface area (Å²) in [6, 6.07) is 6.85. The Hall–Kier alpha value is -1.58. The molecule has 0 heterocycles. The molecule has 1 rings (SSSR count). The molecule has 0 amide bonds. The van der Waals surface area contributed by atoms with Crippen molar-refractivity contribution in [2.45, 2.75) is 19.4 Å². The maximum Gasteiger partial charge on any atom is 0.243 e. The van der Waals surface area contributed by atoms with Gasteiger partial charge in [-0.3, -0.25) is 10.1 Å². The monoisotopic (exact) mass is 180 g/mol. The molecular weight excluding hydrogens is 168 g/mol. The number of benzene rings is 1. The van der Waals surface area contributed by atoms with Gasteiger partial charge in [-0.25, -0.2) is 0 Å². The topological polar surface area (TPSA) is 69.2 Å². The molecule has 1 aromatic rings. The normalized spacial score (nSPS) is 11.2. The lowest BCUT2D eigenvalue weighted by molar-refractivity contribution is -0.569. The second-order valence-electron chi connectivity index (χ2n) is 3.40. The largest absolute Gasteiger partial charge is 0.398 e. The van der Waals surface area contributed by atoms with E-state index in [4.69, 9.17) is 5.73 Å². The molecule has 0 aliphatic rings. The van der Waals surface area contributed by atoms with Crippen LogP contribution >= 0.6 is 0 Å². The van der Waals surface area contributed by atoms with Crippen LogP contribution in [0.1, 0.15) is 19.4 Å². The van der Waals surface area contributed by atoms with Crippen molar-refractivity contribution >= 4 is 5.69 Å². The van der Waals surface area contributed by atoms with Crippen molar-refractivity contribution in [2.75, 3.05) is 5.73 Å². The summed E-state index contributed by atoms with van der Waals surface area (Å²) >= 11 is 0. The molecule has 0 aliphatic heterocycles. The minimum atomic E-state index is -1.12. The Balaban J connectivity index is 3.22. The van der Waals surface area contributed by atoms with Gasteiger partial charge >= 0.3 is 0 Å². The summed E-state index contributed by atoms with van der Waals surface area (Å²) < 4.78 is 0. The molecule has 1 aromatic carbocycles. The Bertz CT molecular complexity index is 334. The first-order valence-corrected chi connectivity index (χ1v) is 3.95.